The fraction of sp³-hybridized carbons (Fsp3) is 0.800. The lowest BCUT2D eigenvalue weighted by molar-refractivity contribution is 0.422. The van der Waals surface area contributed by atoms with Gasteiger partial charge < -0.3 is 5.32 Å². The molecule has 1 aromatic rings. The van der Waals surface area contributed by atoms with E-state index in [2.05, 4.69) is 58.5 Å². The van der Waals surface area contributed by atoms with Gasteiger partial charge in [-0.3, -0.25) is 4.68 Å². The van der Waals surface area contributed by atoms with Crippen LogP contribution in [0.1, 0.15) is 71.5 Å². The summed E-state index contributed by atoms with van der Waals surface area (Å²) in [5, 5.41) is 8.36. The fourth-order valence-electron chi connectivity index (χ4n) is 2.20. The first kappa shape index (κ1) is 15.2. The SMILES string of the molecule is CCc1nn(C(C)C)c(CC)c1CNC(C)(C)C. The molecule has 0 saturated carbocycles. The zero-order chi connectivity index (χ0) is 13.9. The summed E-state index contributed by atoms with van der Waals surface area (Å²) in [6, 6.07) is 0.439. The van der Waals surface area contributed by atoms with Crippen LogP contribution in [0.15, 0.2) is 0 Å². The largest absolute Gasteiger partial charge is 0.308 e. The van der Waals surface area contributed by atoms with Crippen molar-refractivity contribution < 1.29 is 0 Å². The molecule has 0 atom stereocenters. The molecule has 0 aliphatic carbocycles. The zero-order valence-electron chi connectivity index (χ0n) is 13.1. The molecular weight excluding hydrogens is 222 g/mol. The van der Waals surface area contributed by atoms with E-state index >= 15 is 0 Å². The number of nitrogens with one attached hydrogen (secondary N) is 1. The van der Waals surface area contributed by atoms with Crippen molar-refractivity contribution in [2.45, 2.75) is 79.4 Å². The van der Waals surface area contributed by atoms with E-state index in [1.54, 1.807) is 0 Å². The van der Waals surface area contributed by atoms with Gasteiger partial charge in [-0.1, -0.05) is 13.8 Å². The average molecular weight is 251 g/mol. The first-order valence-electron chi connectivity index (χ1n) is 7.14. The lowest BCUT2D eigenvalue weighted by Crippen LogP contribution is -2.35. The Balaban J connectivity index is 3.07. The molecule has 0 aliphatic rings. The fourth-order valence-corrected chi connectivity index (χ4v) is 2.20. The van der Waals surface area contributed by atoms with E-state index < -0.39 is 0 Å². The lowest BCUT2D eigenvalue weighted by Gasteiger charge is -2.21. The summed E-state index contributed by atoms with van der Waals surface area (Å²) in [6.45, 7) is 16.3. The quantitative estimate of drug-likeness (QED) is 0.868. The van der Waals surface area contributed by atoms with Crippen molar-refractivity contribution in [1.82, 2.24) is 15.1 Å². The lowest BCUT2D eigenvalue weighted by atomic mass is 10.1. The summed E-state index contributed by atoms with van der Waals surface area (Å²) in [7, 11) is 0. The molecule has 1 N–H and O–H groups in total. The number of aromatic nitrogens is 2. The number of hydrogen-bond donors (Lipinski definition) is 1. The number of nitrogens with zero attached hydrogens (tertiary/aromatic N) is 2. The number of rotatable bonds is 5. The van der Waals surface area contributed by atoms with Crippen LogP contribution >= 0.6 is 0 Å². The predicted octanol–water partition coefficient (Wildman–Crippen LogP) is 3.48. The Hall–Kier alpha value is -0.830. The maximum atomic E-state index is 4.78. The smallest absolute Gasteiger partial charge is 0.0669 e. The minimum atomic E-state index is 0.149. The van der Waals surface area contributed by atoms with E-state index in [1.165, 1.54) is 17.0 Å². The Labute approximate surface area is 112 Å². The van der Waals surface area contributed by atoms with Gasteiger partial charge in [0.1, 0.15) is 0 Å². The normalized spacial score (nSPS) is 12.4. The van der Waals surface area contributed by atoms with Gasteiger partial charge in [0.05, 0.1) is 5.69 Å². The minimum Gasteiger partial charge on any atom is -0.308 e. The second-order valence-corrected chi connectivity index (χ2v) is 6.22. The van der Waals surface area contributed by atoms with Gasteiger partial charge >= 0.3 is 0 Å². The molecule has 1 heterocycles. The summed E-state index contributed by atoms with van der Waals surface area (Å²) in [5.41, 5.74) is 4.19. The van der Waals surface area contributed by atoms with E-state index in [4.69, 9.17) is 5.10 Å². The summed E-state index contributed by atoms with van der Waals surface area (Å²) in [6.07, 6.45) is 2.06. The minimum absolute atomic E-state index is 0.149. The molecule has 1 aromatic heterocycles. The summed E-state index contributed by atoms with van der Waals surface area (Å²) < 4.78 is 2.19. The van der Waals surface area contributed by atoms with Crippen molar-refractivity contribution in [2.24, 2.45) is 0 Å². The standard InChI is InChI=1S/C15H29N3/c1-8-13-12(10-16-15(5,6)7)14(9-2)18(17-13)11(3)4/h11,16H,8-10H2,1-7H3. The number of aryl methyl sites for hydroxylation is 1. The maximum absolute atomic E-state index is 4.78. The second-order valence-electron chi connectivity index (χ2n) is 6.22. The molecule has 0 unspecified atom stereocenters. The highest BCUT2D eigenvalue weighted by molar-refractivity contribution is 5.27. The average Bonchev–Trinajstić information content (AvgIpc) is 2.62. The van der Waals surface area contributed by atoms with Crippen LogP contribution in [0.2, 0.25) is 0 Å². The van der Waals surface area contributed by atoms with Gasteiger partial charge in [-0.05, 0) is 47.5 Å². The third-order valence-electron chi connectivity index (χ3n) is 3.16. The van der Waals surface area contributed by atoms with E-state index in [1.807, 2.05) is 0 Å². The van der Waals surface area contributed by atoms with E-state index in [9.17, 15) is 0 Å². The molecule has 0 bridgehead atoms. The monoisotopic (exact) mass is 251 g/mol. The second kappa shape index (κ2) is 5.87. The maximum Gasteiger partial charge on any atom is 0.0669 e. The van der Waals surface area contributed by atoms with Gasteiger partial charge in [0.2, 0.25) is 0 Å². The number of hydrogen-bond acceptors (Lipinski definition) is 2. The Morgan fingerprint density at radius 2 is 1.78 bits per heavy atom. The van der Waals surface area contributed by atoms with Crippen LogP contribution in [-0.4, -0.2) is 15.3 Å². The highest BCUT2D eigenvalue weighted by Gasteiger charge is 2.18. The summed E-state index contributed by atoms with van der Waals surface area (Å²) in [5.74, 6) is 0. The Morgan fingerprint density at radius 1 is 1.17 bits per heavy atom. The van der Waals surface area contributed by atoms with E-state index in [0.29, 0.717) is 6.04 Å². The van der Waals surface area contributed by atoms with Crippen LogP contribution < -0.4 is 5.32 Å². The summed E-state index contributed by atoms with van der Waals surface area (Å²) in [4.78, 5) is 0. The third-order valence-corrected chi connectivity index (χ3v) is 3.16. The van der Waals surface area contributed by atoms with Crippen LogP contribution in [0, 0.1) is 0 Å². The first-order valence-corrected chi connectivity index (χ1v) is 7.14. The molecule has 104 valence electrons. The Kier molecular flexibility index (Phi) is 4.97. The molecule has 0 spiro atoms. The molecule has 0 saturated heterocycles. The van der Waals surface area contributed by atoms with Crippen molar-refractivity contribution in [3.8, 4) is 0 Å². The van der Waals surface area contributed by atoms with Crippen molar-refractivity contribution in [3.63, 3.8) is 0 Å². The molecule has 1 rings (SSSR count). The predicted molar refractivity (Wildman–Crippen MR) is 78.0 cm³/mol. The van der Waals surface area contributed by atoms with Gasteiger partial charge in [0.25, 0.3) is 0 Å². The Morgan fingerprint density at radius 3 is 2.17 bits per heavy atom. The highest BCUT2D eigenvalue weighted by Crippen LogP contribution is 2.20. The topological polar surface area (TPSA) is 29.9 Å². The van der Waals surface area contributed by atoms with E-state index in [-0.39, 0.29) is 5.54 Å². The molecule has 3 nitrogen and oxygen atoms in total. The first-order chi connectivity index (χ1) is 8.30. The van der Waals surface area contributed by atoms with E-state index in [0.717, 1.165) is 19.4 Å². The molecule has 0 aliphatic heterocycles. The van der Waals surface area contributed by atoms with Gasteiger partial charge in [0, 0.05) is 29.4 Å². The molecule has 3 heteroatoms. The van der Waals surface area contributed by atoms with Crippen molar-refractivity contribution in [3.05, 3.63) is 17.0 Å². The molecule has 0 aromatic carbocycles. The third kappa shape index (κ3) is 3.58. The molecule has 18 heavy (non-hydrogen) atoms. The van der Waals surface area contributed by atoms with Crippen molar-refractivity contribution in [2.75, 3.05) is 0 Å². The van der Waals surface area contributed by atoms with Crippen molar-refractivity contribution >= 4 is 0 Å². The Bertz CT molecular complexity index is 383. The van der Waals surface area contributed by atoms with Crippen LogP contribution in [0.3, 0.4) is 0 Å². The van der Waals surface area contributed by atoms with Crippen LogP contribution in [0.4, 0.5) is 0 Å². The summed E-state index contributed by atoms with van der Waals surface area (Å²) >= 11 is 0. The molecular formula is C15H29N3. The molecule has 0 radical (unpaired) electrons. The van der Waals surface area contributed by atoms with Gasteiger partial charge in [0.15, 0.2) is 0 Å². The van der Waals surface area contributed by atoms with Crippen LogP contribution in [-0.2, 0) is 19.4 Å². The highest BCUT2D eigenvalue weighted by atomic mass is 15.3. The van der Waals surface area contributed by atoms with Crippen LogP contribution in [0.25, 0.3) is 0 Å². The van der Waals surface area contributed by atoms with Gasteiger partial charge in [-0.15, -0.1) is 0 Å². The van der Waals surface area contributed by atoms with Gasteiger partial charge in [-0.25, -0.2) is 0 Å². The van der Waals surface area contributed by atoms with Crippen LogP contribution in [0.5, 0.6) is 0 Å². The molecule has 0 amide bonds. The zero-order valence-corrected chi connectivity index (χ0v) is 13.1. The van der Waals surface area contributed by atoms with Gasteiger partial charge in [-0.2, -0.15) is 5.10 Å². The molecule has 0 fully saturated rings. The van der Waals surface area contributed by atoms with Crippen molar-refractivity contribution in [1.29, 1.82) is 0 Å².